The molecule has 0 bridgehead atoms. The first-order chi connectivity index (χ1) is 9.38. The van der Waals surface area contributed by atoms with Gasteiger partial charge in [-0.1, -0.05) is 0 Å². The molecule has 0 amide bonds. The van der Waals surface area contributed by atoms with Crippen molar-refractivity contribution in [1.82, 2.24) is 4.98 Å². The molecule has 0 aliphatic heterocycles. The van der Waals surface area contributed by atoms with Crippen molar-refractivity contribution in [2.75, 3.05) is 5.32 Å². The summed E-state index contributed by atoms with van der Waals surface area (Å²) in [6, 6.07) is 0.910. The number of nitrogens with two attached hydrogens (primary N) is 1. The molecule has 0 saturated heterocycles. The highest BCUT2D eigenvalue weighted by Gasteiger charge is 2.19. The molecule has 6 nitrogen and oxygen atoms in total. The average Bonchev–Trinajstić information content (AvgIpc) is 2.95. The Bertz CT molecular complexity index is 620. The molecule has 0 fully saturated rings. The average molecular weight is 295 g/mol. The highest BCUT2D eigenvalue weighted by molar-refractivity contribution is 7.13. The van der Waals surface area contributed by atoms with Crippen molar-refractivity contribution >= 4 is 22.4 Å². The topological polar surface area (TPSA) is 101 Å². The second-order valence-electron chi connectivity index (χ2n) is 4.63. The first-order valence-electron chi connectivity index (χ1n) is 6.15. The van der Waals surface area contributed by atoms with Crippen LogP contribution in [0.4, 0.5) is 5.13 Å². The van der Waals surface area contributed by atoms with Crippen LogP contribution in [0.25, 0.3) is 0 Å². The van der Waals surface area contributed by atoms with Crippen LogP contribution >= 0.6 is 11.3 Å². The maximum absolute atomic E-state index is 10.8. The Morgan fingerprint density at radius 3 is 2.80 bits per heavy atom. The minimum atomic E-state index is -1.09. The van der Waals surface area contributed by atoms with E-state index in [4.69, 9.17) is 15.3 Å². The molecule has 0 saturated carbocycles. The smallest absolute Gasteiger partial charge is 0.326 e. The SMILES string of the molecule is Cc1cc(C(C)Nc2nc(C(N)C(=O)O)cs2)c(C)o1. The van der Waals surface area contributed by atoms with Crippen molar-refractivity contribution in [1.29, 1.82) is 0 Å². The number of carboxylic acid groups (broad SMARTS) is 1. The van der Waals surface area contributed by atoms with Crippen LogP contribution in [0.5, 0.6) is 0 Å². The number of hydrogen-bond acceptors (Lipinski definition) is 6. The Morgan fingerprint density at radius 1 is 1.55 bits per heavy atom. The molecule has 2 unspecified atom stereocenters. The first-order valence-corrected chi connectivity index (χ1v) is 7.03. The van der Waals surface area contributed by atoms with Gasteiger partial charge in [0.15, 0.2) is 5.13 Å². The second kappa shape index (κ2) is 5.64. The predicted octanol–water partition coefficient (Wildman–Crippen LogP) is 2.61. The van der Waals surface area contributed by atoms with Crippen molar-refractivity contribution in [3.63, 3.8) is 0 Å². The lowest BCUT2D eigenvalue weighted by Gasteiger charge is -2.11. The number of carbonyl (C=O) groups is 1. The zero-order valence-electron chi connectivity index (χ0n) is 11.5. The normalized spacial score (nSPS) is 14.0. The number of carboxylic acids is 1. The molecule has 4 N–H and O–H groups in total. The molecule has 0 aliphatic rings. The number of aliphatic carboxylic acids is 1. The number of nitrogens with one attached hydrogen (secondary N) is 1. The Hall–Kier alpha value is -1.86. The monoisotopic (exact) mass is 295 g/mol. The summed E-state index contributed by atoms with van der Waals surface area (Å²) in [5.74, 6) is 0.636. The second-order valence-corrected chi connectivity index (χ2v) is 5.49. The Morgan fingerprint density at radius 2 is 2.25 bits per heavy atom. The minimum Gasteiger partial charge on any atom is -0.480 e. The minimum absolute atomic E-state index is 0.0208. The molecule has 7 heteroatoms. The van der Waals surface area contributed by atoms with Gasteiger partial charge in [0.05, 0.1) is 11.7 Å². The summed E-state index contributed by atoms with van der Waals surface area (Å²) in [5, 5.41) is 14.4. The van der Waals surface area contributed by atoms with Gasteiger partial charge < -0.3 is 20.6 Å². The number of nitrogens with zero attached hydrogens (tertiary/aromatic N) is 1. The lowest BCUT2D eigenvalue weighted by molar-refractivity contribution is -0.138. The number of aryl methyl sites for hydroxylation is 2. The molecule has 108 valence electrons. The largest absolute Gasteiger partial charge is 0.480 e. The molecular weight excluding hydrogens is 278 g/mol. The molecule has 2 aromatic heterocycles. The van der Waals surface area contributed by atoms with Gasteiger partial charge in [0.25, 0.3) is 0 Å². The third-order valence-corrected chi connectivity index (χ3v) is 3.78. The van der Waals surface area contributed by atoms with E-state index in [1.54, 1.807) is 5.38 Å². The van der Waals surface area contributed by atoms with E-state index in [9.17, 15) is 4.79 Å². The van der Waals surface area contributed by atoms with E-state index in [1.807, 2.05) is 26.8 Å². The van der Waals surface area contributed by atoms with Crippen LogP contribution in [-0.4, -0.2) is 16.1 Å². The fraction of sp³-hybridized carbons (Fsp3) is 0.385. The van der Waals surface area contributed by atoms with Gasteiger partial charge >= 0.3 is 5.97 Å². The first kappa shape index (κ1) is 14.5. The number of hydrogen-bond donors (Lipinski definition) is 3. The summed E-state index contributed by atoms with van der Waals surface area (Å²) < 4.78 is 5.49. The molecule has 0 spiro atoms. The van der Waals surface area contributed by atoms with Gasteiger partial charge in [0.1, 0.15) is 17.6 Å². The van der Waals surface area contributed by atoms with Gasteiger partial charge in [0.2, 0.25) is 0 Å². The summed E-state index contributed by atoms with van der Waals surface area (Å²) in [6.07, 6.45) is 0. The standard InChI is InChI=1S/C13H17N3O3S/c1-6-4-9(8(3)19-6)7(2)15-13-16-10(5-20-13)11(14)12(17)18/h4-5,7,11H,14H2,1-3H3,(H,15,16)(H,17,18). The maximum Gasteiger partial charge on any atom is 0.326 e. The molecule has 2 aromatic rings. The van der Waals surface area contributed by atoms with Crippen molar-refractivity contribution in [3.8, 4) is 0 Å². The fourth-order valence-corrected chi connectivity index (χ4v) is 2.80. The van der Waals surface area contributed by atoms with Gasteiger partial charge in [-0.05, 0) is 26.8 Å². The van der Waals surface area contributed by atoms with E-state index >= 15 is 0 Å². The molecule has 0 aliphatic carbocycles. The molecular formula is C13H17N3O3S. The number of rotatable bonds is 5. The summed E-state index contributed by atoms with van der Waals surface area (Å²) in [4.78, 5) is 15.0. The van der Waals surface area contributed by atoms with Crippen molar-refractivity contribution in [2.45, 2.75) is 32.9 Å². The van der Waals surface area contributed by atoms with Crippen molar-refractivity contribution in [3.05, 3.63) is 34.2 Å². The quantitative estimate of drug-likeness (QED) is 0.783. The number of anilines is 1. The van der Waals surface area contributed by atoms with Crippen LogP contribution in [0, 0.1) is 13.8 Å². The molecule has 0 radical (unpaired) electrons. The highest BCUT2D eigenvalue weighted by atomic mass is 32.1. The van der Waals surface area contributed by atoms with Crippen LogP contribution in [0.2, 0.25) is 0 Å². The fourth-order valence-electron chi connectivity index (χ4n) is 1.97. The van der Waals surface area contributed by atoms with Crippen molar-refractivity contribution < 1.29 is 14.3 Å². The van der Waals surface area contributed by atoms with Crippen LogP contribution in [0.3, 0.4) is 0 Å². The lowest BCUT2D eigenvalue weighted by atomic mass is 10.1. The summed E-state index contributed by atoms with van der Waals surface area (Å²) in [6.45, 7) is 5.81. The molecule has 0 aromatic carbocycles. The Balaban J connectivity index is 2.10. The molecule has 2 rings (SSSR count). The third kappa shape index (κ3) is 3.00. The maximum atomic E-state index is 10.8. The molecule has 2 atom stereocenters. The van der Waals surface area contributed by atoms with E-state index < -0.39 is 12.0 Å². The van der Waals surface area contributed by atoms with Gasteiger partial charge in [0, 0.05) is 10.9 Å². The van der Waals surface area contributed by atoms with Crippen LogP contribution in [0.1, 0.15) is 41.8 Å². The number of thiazole rings is 1. The van der Waals surface area contributed by atoms with E-state index in [0.717, 1.165) is 17.1 Å². The predicted molar refractivity (Wildman–Crippen MR) is 76.9 cm³/mol. The van der Waals surface area contributed by atoms with E-state index in [-0.39, 0.29) is 6.04 Å². The van der Waals surface area contributed by atoms with Crippen LogP contribution in [0.15, 0.2) is 15.9 Å². The summed E-state index contributed by atoms with van der Waals surface area (Å²) in [5.41, 5.74) is 6.94. The molecule has 20 heavy (non-hydrogen) atoms. The van der Waals surface area contributed by atoms with E-state index in [1.165, 1.54) is 11.3 Å². The van der Waals surface area contributed by atoms with Crippen molar-refractivity contribution in [2.24, 2.45) is 5.73 Å². The molecule has 2 heterocycles. The number of aromatic nitrogens is 1. The van der Waals surface area contributed by atoms with Gasteiger partial charge in [-0.15, -0.1) is 11.3 Å². The summed E-state index contributed by atoms with van der Waals surface area (Å²) >= 11 is 1.33. The zero-order valence-corrected chi connectivity index (χ0v) is 12.3. The van der Waals surface area contributed by atoms with Gasteiger partial charge in [-0.3, -0.25) is 4.79 Å². The van der Waals surface area contributed by atoms with E-state index in [2.05, 4.69) is 10.3 Å². The zero-order chi connectivity index (χ0) is 14.9. The Labute approximate surface area is 120 Å². The lowest BCUT2D eigenvalue weighted by Crippen LogP contribution is -2.21. The van der Waals surface area contributed by atoms with E-state index in [0.29, 0.717) is 10.8 Å². The Kier molecular flexibility index (Phi) is 4.10. The highest BCUT2D eigenvalue weighted by Crippen LogP contribution is 2.27. The third-order valence-electron chi connectivity index (χ3n) is 2.99. The number of furan rings is 1. The summed E-state index contributed by atoms with van der Waals surface area (Å²) in [7, 11) is 0. The van der Waals surface area contributed by atoms with Crippen LogP contribution < -0.4 is 11.1 Å². The van der Waals surface area contributed by atoms with Gasteiger partial charge in [-0.2, -0.15) is 0 Å². The van der Waals surface area contributed by atoms with Crippen LogP contribution in [-0.2, 0) is 4.79 Å². The van der Waals surface area contributed by atoms with Gasteiger partial charge in [-0.25, -0.2) is 4.98 Å².